The highest BCUT2D eigenvalue weighted by Crippen LogP contribution is 2.40. The molecule has 1 fully saturated rings. The Morgan fingerprint density at radius 1 is 1.58 bits per heavy atom. The summed E-state index contributed by atoms with van der Waals surface area (Å²) in [4.78, 5) is 16.9. The Labute approximate surface area is 107 Å². The van der Waals surface area contributed by atoms with E-state index in [0.29, 0.717) is 0 Å². The quantitative estimate of drug-likeness (QED) is 0.849. The van der Waals surface area contributed by atoms with Gasteiger partial charge in [-0.25, -0.2) is 0 Å². The maximum absolute atomic E-state index is 12.3. The molecule has 1 saturated heterocycles. The molecule has 2 heterocycles. The van der Waals surface area contributed by atoms with E-state index >= 15 is 0 Å². The Morgan fingerprint density at radius 3 is 2.68 bits per heavy atom. The van der Waals surface area contributed by atoms with Gasteiger partial charge in [0.2, 0.25) is 0 Å². The molecule has 0 atom stereocenters. The monoisotopic (exact) mass is 278 g/mol. The zero-order valence-corrected chi connectivity index (χ0v) is 10.5. The smallest absolute Gasteiger partial charge is 0.393 e. The molecule has 0 unspecified atom stereocenters. The van der Waals surface area contributed by atoms with Gasteiger partial charge in [-0.05, 0) is 0 Å². The van der Waals surface area contributed by atoms with Crippen molar-refractivity contribution >= 4 is 5.91 Å². The lowest BCUT2D eigenvalue weighted by Gasteiger charge is -2.48. The van der Waals surface area contributed by atoms with Crippen molar-refractivity contribution < 1.29 is 27.1 Å². The first-order valence-electron chi connectivity index (χ1n) is 5.58. The number of methoxy groups -OCH3 is 1. The molecule has 0 radical (unpaired) electrons. The summed E-state index contributed by atoms with van der Waals surface area (Å²) in [5.41, 5.74) is -0.882. The van der Waals surface area contributed by atoms with Gasteiger partial charge >= 0.3 is 12.3 Å². The molecule has 1 aliphatic rings. The van der Waals surface area contributed by atoms with Crippen molar-refractivity contribution in [2.45, 2.75) is 19.5 Å². The molecule has 0 saturated carbocycles. The first-order valence-corrected chi connectivity index (χ1v) is 5.58. The molecular formula is C11H13F3N2O3. The summed E-state index contributed by atoms with van der Waals surface area (Å²) in [7, 11) is 1.34. The molecule has 2 rings (SSSR count). The Bertz CT molecular complexity index is 478. The number of carbonyl (C=O) groups excluding carboxylic acids is 1. The van der Waals surface area contributed by atoms with Gasteiger partial charge in [0.05, 0.1) is 13.5 Å². The van der Waals surface area contributed by atoms with E-state index in [4.69, 9.17) is 4.42 Å². The number of carbonyl (C=O) groups is 1. The van der Waals surface area contributed by atoms with E-state index in [9.17, 15) is 18.0 Å². The van der Waals surface area contributed by atoms with E-state index in [0.717, 1.165) is 6.26 Å². The third kappa shape index (κ3) is 2.99. The molecular weight excluding hydrogens is 265 g/mol. The van der Waals surface area contributed by atoms with E-state index in [1.54, 1.807) is 0 Å². The van der Waals surface area contributed by atoms with Crippen LogP contribution in [0.25, 0.3) is 0 Å². The lowest BCUT2D eigenvalue weighted by Crippen LogP contribution is -2.58. The van der Waals surface area contributed by atoms with Crippen LogP contribution in [0.1, 0.15) is 23.8 Å². The van der Waals surface area contributed by atoms with Gasteiger partial charge in [0.15, 0.2) is 5.69 Å². The number of hydrogen-bond donors (Lipinski definition) is 0. The fraction of sp³-hybridized carbons (Fsp3) is 0.636. The molecule has 8 heteroatoms. The van der Waals surface area contributed by atoms with Crippen LogP contribution in [-0.2, 0) is 0 Å². The second-order valence-electron chi connectivity index (χ2n) is 4.97. The Morgan fingerprint density at radius 2 is 2.21 bits per heavy atom. The maximum Gasteiger partial charge on any atom is 0.393 e. The zero-order valence-electron chi connectivity index (χ0n) is 10.5. The summed E-state index contributed by atoms with van der Waals surface area (Å²) in [5.74, 6) is -0.452. The summed E-state index contributed by atoms with van der Waals surface area (Å²) in [6.45, 7) is 1.62. The predicted molar refractivity (Wildman–Crippen MR) is 57.7 cm³/mol. The lowest BCUT2D eigenvalue weighted by atomic mass is 9.78. The topological polar surface area (TPSA) is 55.6 Å². The Balaban J connectivity index is 1.94. The largest absolute Gasteiger partial charge is 0.454 e. The molecule has 1 aromatic heterocycles. The van der Waals surface area contributed by atoms with E-state index < -0.39 is 23.9 Å². The van der Waals surface area contributed by atoms with Crippen LogP contribution < -0.4 is 4.74 Å². The number of amides is 1. The van der Waals surface area contributed by atoms with Crippen LogP contribution >= 0.6 is 0 Å². The van der Waals surface area contributed by atoms with Crippen molar-refractivity contribution in [3.05, 3.63) is 12.0 Å². The molecule has 0 spiro atoms. The van der Waals surface area contributed by atoms with Gasteiger partial charge in [0.1, 0.15) is 6.26 Å². The normalized spacial score (nSPS) is 18.1. The molecule has 19 heavy (non-hydrogen) atoms. The van der Waals surface area contributed by atoms with Crippen LogP contribution in [0.3, 0.4) is 0 Å². The van der Waals surface area contributed by atoms with Gasteiger partial charge in [-0.2, -0.15) is 18.2 Å². The van der Waals surface area contributed by atoms with Crippen LogP contribution in [0.2, 0.25) is 0 Å². The number of halogens is 3. The minimum atomic E-state index is -4.22. The van der Waals surface area contributed by atoms with Gasteiger partial charge in [-0.1, -0.05) is 6.92 Å². The highest BCUT2D eigenvalue weighted by molar-refractivity contribution is 5.92. The van der Waals surface area contributed by atoms with Crippen LogP contribution in [0, 0.1) is 5.41 Å². The number of ether oxygens (including phenoxy) is 1. The molecule has 1 aliphatic heterocycles. The highest BCUT2D eigenvalue weighted by atomic mass is 19.4. The number of hydrogen-bond acceptors (Lipinski definition) is 4. The summed E-state index contributed by atoms with van der Waals surface area (Å²) in [5, 5.41) is 0. The zero-order chi connectivity index (χ0) is 14.3. The number of oxazole rings is 1. The fourth-order valence-electron chi connectivity index (χ4n) is 2.23. The third-order valence-corrected chi connectivity index (χ3v) is 2.94. The average Bonchev–Trinajstić information content (AvgIpc) is 2.70. The third-order valence-electron chi connectivity index (χ3n) is 2.94. The van der Waals surface area contributed by atoms with Crippen LogP contribution in [0.5, 0.6) is 6.08 Å². The molecule has 0 N–H and O–H groups in total. The standard InChI is InChI=1S/C11H13F3N2O3/c1-10(4-11(12,13)14)5-16(6-10)8(17)7-3-19-9(15-7)18-2/h3H,4-6H2,1-2H3. The van der Waals surface area contributed by atoms with Crippen molar-refractivity contribution in [2.75, 3.05) is 20.2 Å². The first kappa shape index (κ1) is 13.7. The second-order valence-corrected chi connectivity index (χ2v) is 4.97. The summed E-state index contributed by atoms with van der Waals surface area (Å²) >= 11 is 0. The van der Waals surface area contributed by atoms with Crippen molar-refractivity contribution in [3.63, 3.8) is 0 Å². The SMILES string of the molecule is COc1nc(C(=O)N2CC(C)(CC(F)(F)F)C2)co1. The van der Waals surface area contributed by atoms with Crippen molar-refractivity contribution in [1.82, 2.24) is 9.88 Å². The van der Waals surface area contributed by atoms with Crippen LogP contribution in [0.4, 0.5) is 13.2 Å². The minimum absolute atomic E-state index is 0.0332. The van der Waals surface area contributed by atoms with Crippen LogP contribution in [0.15, 0.2) is 10.7 Å². The molecule has 0 bridgehead atoms. The molecule has 1 aromatic rings. The minimum Gasteiger partial charge on any atom is -0.454 e. The lowest BCUT2D eigenvalue weighted by molar-refractivity contribution is -0.172. The molecule has 106 valence electrons. The van der Waals surface area contributed by atoms with Gasteiger partial charge in [-0.15, -0.1) is 0 Å². The van der Waals surface area contributed by atoms with Gasteiger partial charge < -0.3 is 14.1 Å². The maximum atomic E-state index is 12.3. The van der Waals surface area contributed by atoms with E-state index in [-0.39, 0.29) is 24.9 Å². The van der Waals surface area contributed by atoms with Crippen molar-refractivity contribution in [1.29, 1.82) is 0 Å². The molecule has 0 aliphatic carbocycles. The molecule has 1 amide bonds. The predicted octanol–water partition coefficient (Wildman–Crippen LogP) is 2.10. The first-order chi connectivity index (χ1) is 8.72. The second kappa shape index (κ2) is 4.43. The van der Waals surface area contributed by atoms with E-state index in [1.807, 2.05) is 0 Å². The van der Waals surface area contributed by atoms with E-state index in [1.165, 1.54) is 18.9 Å². The van der Waals surface area contributed by atoms with Gasteiger partial charge in [-0.3, -0.25) is 4.79 Å². The summed E-state index contributed by atoms with van der Waals surface area (Å²) in [6.07, 6.45) is -4.05. The highest BCUT2D eigenvalue weighted by Gasteiger charge is 2.48. The Kier molecular flexibility index (Phi) is 3.19. The molecule has 5 nitrogen and oxygen atoms in total. The Hall–Kier alpha value is -1.73. The van der Waals surface area contributed by atoms with Gasteiger partial charge in [0, 0.05) is 18.5 Å². The number of alkyl halides is 3. The average molecular weight is 278 g/mol. The number of rotatable bonds is 3. The van der Waals surface area contributed by atoms with Crippen molar-refractivity contribution in [2.24, 2.45) is 5.41 Å². The fourth-order valence-corrected chi connectivity index (χ4v) is 2.23. The number of aromatic nitrogens is 1. The van der Waals surface area contributed by atoms with Gasteiger partial charge in [0.25, 0.3) is 5.91 Å². The van der Waals surface area contributed by atoms with E-state index in [2.05, 4.69) is 9.72 Å². The summed E-state index contributed by atoms with van der Waals surface area (Å²) in [6, 6.07) is 0. The molecule has 0 aromatic carbocycles. The number of nitrogens with zero attached hydrogens (tertiary/aromatic N) is 2. The number of likely N-dealkylation sites (tertiary alicyclic amines) is 1. The van der Waals surface area contributed by atoms with Crippen molar-refractivity contribution in [3.8, 4) is 6.08 Å². The van der Waals surface area contributed by atoms with Crippen LogP contribution in [-0.4, -0.2) is 42.2 Å². The summed E-state index contributed by atoms with van der Waals surface area (Å²) < 4.78 is 46.5.